The Balaban J connectivity index is 1.75. The van der Waals surface area contributed by atoms with Crippen LogP contribution in [0.15, 0.2) is 0 Å². The van der Waals surface area contributed by atoms with Crippen molar-refractivity contribution < 1.29 is 9.84 Å². The average Bonchev–Trinajstić information content (AvgIpc) is 2.14. The zero-order valence-electron chi connectivity index (χ0n) is 7.57. The molecule has 12 heavy (non-hydrogen) atoms. The van der Waals surface area contributed by atoms with Gasteiger partial charge in [0.15, 0.2) is 0 Å². The molecule has 70 valence electrons. The second kappa shape index (κ2) is 3.32. The van der Waals surface area contributed by atoms with Gasteiger partial charge in [-0.15, -0.1) is 0 Å². The van der Waals surface area contributed by atoms with Crippen molar-refractivity contribution in [1.29, 1.82) is 0 Å². The Hall–Kier alpha value is -0.120. The number of rotatable bonds is 3. The standard InChI is InChI=1S/C9H17NO2/c1-12-3-2-10-5-7-4-8(6-10)9(7)11/h7-9,11H,2-6H2,1H3/t7-,8+,9?. The van der Waals surface area contributed by atoms with Gasteiger partial charge in [-0.2, -0.15) is 0 Å². The third kappa shape index (κ3) is 1.37. The molecule has 2 bridgehead atoms. The molecule has 0 amide bonds. The van der Waals surface area contributed by atoms with Crippen molar-refractivity contribution in [3.63, 3.8) is 0 Å². The minimum Gasteiger partial charge on any atom is -0.392 e. The smallest absolute Gasteiger partial charge is 0.0621 e. The van der Waals surface area contributed by atoms with E-state index in [0.717, 1.165) is 26.2 Å². The predicted octanol–water partition coefficient (Wildman–Crippen LogP) is -0.0546. The molecule has 0 aromatic carbocycles. The van der Waals surface area contributed by atoms with Crippen LogP contribution in [-0.4, -0.2) is 49.5 Å². The molecule has 1 saturated carbocycles. The zero-order valence-corrected chi connectivity index (χ0v) is 7.57. The maximum Gasteiger partial charge on any atom is 0.0621 e. The van der Waals surface area contributed by atoms with Gasteiger partial charge in [-0.1, -0.05) is 0 Å². The second-order valence-electron chi connectivity index (χ2n) is 4.00. The summed E-state index contributed by atoms with van der Waals surface area (Å²) >= 11 is 0. The van der Waals surface area contributed by atoms with Crippen molar-refractivity contribution in [3.05, 3.63) is 0 Å². The normalized spacial score (nSPS) is 41.0. The van der Waals surface area contributed by atoms with Crippen molar-refractivity contribution >= 4 is 0 Å². The van der Waals surface area contributed by atoms with E-state index >= 15 is 0 Å². The number of aliphatic hydroxyl groups excluding tert-OH is 1. The topological polar surface area (TPSA) is 32.7 Å². The van der Waals surface area contributed by atoms with Crippen LogP contribution in [0.2, 0.25) is 0 Å². The number of nitrogens with zero attached hydrogens (tertiary/aromatic N) is 1. The van der Waals surface area contributed by atoms with Crippen LogP contribution < -0.4 is 0 Å². The maximum atomic E-state index is 9.51. The molecule has 0 spiro atoms. The monoisotopic (exact) mass is 171 g/mol. The van der Waals surface area contributed by atoms with Crippen molar-refractivity contribution in [3.8, 4) is 0 Å². The third-order valence-corrected chi connectivity index (χ3v) is 3.17. The lowest BCUT2D eigenvalue weighted by molar-refractivity contribution is -0.110. The molecular formula is C9H17NO2. The molecule has 1 aliphatic carbocycles. The average molecular weight is 171 g/mol. The molecule has 0 aromatic heterocycles. The fourth-order valence-corrected chi connectivity index (χ4v) is 2.36. The Morgan fingerprint density at radius 1 is 1.42 bits per heavy atom. The van der Waals surface area contributed by atoms with Crippen LogP contribution in [0.3, 0.4) is 0 Å². The van der Waals surface area contributed by atoms with Crippen LogP contribution in [0.4, 0.5) is 0 Å². The van der Waals surface area contributed by atoms with Gasteiger partial charge in [-0.3, -0.25) is 0 Å². The van der Waals surface area contributed by atoms with Gasteiger partial charge in [0.25, 0.3) is 0 Å². The first-order valence-electron chi connectivity index (χ1n) is 4.70. The lowest BCUT2D eigenvalue weighted by Gasteiger charge is -2.51. The highest BCUT2D eigenvalue weighted by Gasteiger charge is 2.45. The molecule has 1 N–H and O–H groups in total. The largest absolute Gasteiger partial charge is 0.392 e. The summed E-state index contributed by atoms with van der Waals surface area (Å²) in [5, 5.41) is 9.51. The third-order valence-electron chi connectivity index (χ3n) is 3.17. The predicted molar refractivity (Wildman–Crippen MR) is 45.9 cm³/mol. The first kappa shape index (κ1) is 8.48. The number of piperidine rings is 2. The van der Waals surface area contributed by atoms with Crippen LogP contribution >= 0.6 is 0 Å². The molecule has 3 atom stereocenters. The van der Waals surface area contributed by atoms with Gasteiger partial charge >= 0.3 is 0 Å². The second-order valence-corrected chi connectivity index (χ2v) is 4.00. The van der Waals surface area contributed by atoms with E-state index in [1.54, 1.807) is 7.11 Å². The fraction of sp³-hybridized carbons (Fsp3) is 1.00. The lowest BCUT2D eigenvalue weighted by Crippen LogP contribution is -2.58. The minimum absolute atomic E-state index is 0.00351. The molecule has 3 aliphatic rings. The summed E-state index contributed by atoms with van der Waals surface area (Å²) in [4.78, 5) is 2.40. The van der Waals surface area contributed by atoms with Crippen LogP contribution in [0, 0.1) is 11.8 Å². The van der Waals surface area contributed by atoms with Crippen LogP contribution in [-0.2, 0) is 4.74 Å². The summed E-state index contributed by atoms with van der Waals surface area (Å²) in [6.45, 7) is 3.98. The Morgan fingerprint density at radius 3 is 2.58 bits per heavy atom. The number of hydrogen-bond donors (Lipinski definition) is 1. The number of fused-ring (bicyclic) bond motifs is 2. The number of aliphatic hydroxyl groups is 1. The minimum atomic E-state index is 0.00351. The van der Waals surface area contributed by atoms with Gasteiger partial charge in [0.1, 0.15) is 0 Å². The lowest BCUT2D eigenvalue weighted by atomic mass is 9.68. The summed E-state index contributed by atoms with van der Waals surface area (Å²) < 4.78 is 5.02. The summed E-state index contributed by atoms with van der Waals surface area (Å²) in [6.07, 6.45) is 1.24. The molecule has 0 radical (unpaired) electrons. The van der Waals surface area contributed by atoms with Gasteiger partial charge in [0, 0.05) is 26.7 Å². The molecule has 0 aromatic rings. The highest BCUT2D eigenvalue weighted by atomic mass is 16.5. The SMILES string of the molecule is COCCN1C[C@H]2C[C@@H](C1)C2O. The van der Waals surface area contributed by atoms with E-state index in [1.165, 1.54) is 6.42 Å². The molecule has 3 nitrogen and oxygen atoms in total. The van der Waals surface area contributed by atoms with Gasteiger partial charge in [0.2, 0.25) is 0 Å². The molecule has 2 heterocycles. The molecule has 3 fully saturated rings. The van der Waals surface area contributed by atoms with Crippen molar-refractivity contribution in [2.75, 3.05) is 33.4 Å². The molecular weight excluding hydrogens is 154 g/mol. The first-order valence-corrected chi connectivity index (χ1v) is 4.70. The van der Waals surface area contributed by atoms with Crippen LogP contribution in [0.1, 0.15) is 6.42 Å². The fourth-order valence-electron chi connectivity index (χ4n) is 2.36. The van der Waals surface area contributed by atoms with Crippen molar-refractivity contribution in [1.82, 2.24) is 4.90 Å². The van der Waals surface area contributed by atoms with Crippen molar-refractivity contribution in [2.45, 2.75) is 12.5 Å². The Kier molecular flexibility index (Phi) is 2.35. The van der Waals surface area contributed by atoms with Gasteiger partial charge in [-0.05, 0) is 18.3 Å². The van der Waals surface area contributed by atoms with E-state index in [2.05, 4.69) is 4.90 Å². The highest BCUT2D eigenvalue weighted by Crippen LogP contribution is 2.39. The summed E-state index contributed by atoms with van der Waals surface area (Å²) in [7, 11) is 1.74. The first-order chi connectivity index (χ1) is 5.81. The molecule has 1 unspecified atom stereocenters. The van der Waals surface area contributed by atoms with Crippen molar-refractivity contribution in [2.24, 2.45) is 11.8 Å². The van der Waals surface area contributed by atoms with E-state index in [1.807, 2.05) is 0 Å². The summed E-state index contributed by atoms with van der Waals surface area (Å²) in [5.41, 5.74) is 0. The number of methoxy groups -OCH3 is 1. The van der Waals surface area contributed by atoms with Crippen LogP contribution in [0.5, 0.6) is 0 Å². The van der Waals surface area contributed by atoms with E-state index in [0.29, 0.717) is 11.8 Å². The Labute approximate surface area is 73.3 Å². The van der Waals surface area contributed by atoms with Crippen LogP contribution in [0.25, 0.3) is 0 Å². The van der Waals surface area contributed by atoms with E-state index < -0.39 is 0 Å². The quantitative estimate of drug-likeness (QED) is 0.646. The van der Waals surface area contributed by atoms with E-state index in [4.69, 9.17) is 4.74 Å². The Bertz CT molecular complexity index is 151. The van der Waals surface area contributed by atoms with E-state index in [9.17, 15) is 5.11 Å². The molecule has 3 heteroatoms. The molecule has 3 rings (SSSR count). The Morgan fingerprint density at radius 2 is 2.08 bits per heavy atom. The molecule has 2 saturated heterocycles. The van der Waals surface area contributed by atoms with Gasteiger partial charge in [-0.25, -0.2) is 0 Å². The van der Waals surface area contributed by atoms with Gasteiger partial charge in [0.05, 0.1) is 12.7 Å². The summed E-state index contributed by atoms with van der Waals surface area (Å²) in [5.74, 6) is 1.11. The maximum absolute atomic E-state index is 9.51. The van der Waals surface area contributed by atoms with E-state index in [-0.39, 0.29) is 6.10 Å². The number of ether oxygens (including phenoxy) is 1. The van der Waals surface area contributed by atoms with Gasteiger partial charge < -0.3 is 14.7 Å². The highest BCUT2D eigenvalue weighted by molar-refractivity contribution is 4.96. The molecule has 2 aliphatic heterocycles. The summed E-state index contributed by atoms with van der Waals surface area (Å²) in [6, 6.07) is 0. The zero-order chi connectivity index (χ0) is 8.55. The number of hydrogen-bond acceptors (Lipinski definition) is 3.